The van der Waals surface area contributed by atoms with Crippen molar-refractivity contribution in [3.63, 3.8) is 0 Å². The van der Waals surface area contributed by atoms with Crippen LogP contribution >= 0.6 is 0 Å². The van der Waals surface area contributed by atoms with Crippen LogP contribution in [0.25, 0.3) is 0 Å². The van der Waals surface area contributed by atoms with Crippen LogP contribution < -0.4 is 29.2 Å². The van der Waals surface area contributed by atoms with Crippen molar-refractivity contribution in [1.29, 1.82) is 0 Å². The zero-order valence-corrected chi connectivity index (χ0v) is 22.7. The summed E-state index contributed by atoms with van der Waals surface area (Å²) in [6.45, 7) is 0. The minimum absolute atomic E-state index is 0.197. The molecule has 0 bridgehead atoms. The van der Waals surface area contributed by atoms with E-state index in [1.165, 1.54) is 0 Å². The number of fused-ring (bicyclic) bond motifs is 1. The zero-order valence-electron chi connectivity index (χ0n) is 22.7. The Balaban J connectivity index is 1.65. The highest BCUT2D eigenvalue weighted by atomic mass is 16.5. The van der Waals surface area contributed by atoms with E-state index >= 15 is 0 Å². The van der Waals surface area contributed by atoms with E-state index in [0.29, 0.717) is 45.5 Å². The van der Waals surface area contributed by atoms with Crippen molar-refractivity contribution < 1.29 is 28.5 Å². The van der Waals surface area contributed by atoms with Gasteiger partial charge < -0.3 is 24.3 Å². The second-order valence-corrected chi connectivity index (χ2v) is 9.22. The van der Waals surface area contributed by atoms with Gasteiger partial charge in [0.1, 0.15) is 11.5 Å². The van der Waals surface area contributed by atoms with Crippen LogP contribution in [0.15, 0.2) is 91.0 Å². The Morgan fingerprint density at radius 3 is 1.98 bits per heavy atom. The molecule has 2 amide bonds. The third-order valence-electron chi connectivity index (χ3n) is 7.08. The third-order valence-corrected chi connectivity index (χ3v) is 7.08. The summed E-state index contributed by atoms with van der Waals surface area (Å²) >= 11 is 0. The maximum Gasteiger partial charge on any atom is 0.259 e. The predicted molar refractivity (Wildman–Crippen MR) is 153 cm³/mol. The van der Waals surface area contributed by atoms with Crippen LogP contribution in [0.4, 0.5) is 11.4 Å². The highest BCUT2D eigenvalue weighted by Gasteiger charge is 2.45. The molecular weight excluding hydrogens is 508 g/mol. The summed E-state index contributed by atoms with van der Waals surface area (Å²) in [7, 11) is 6.28. The van der Waals surface area contributed by atoms with Gasteiger partial charge in [0.2, 0.25) is 5.91 Å². The number of hydrogen-bond acceptors (Lipinski definition) is 6. The van der Waals surface area contributed by atoms with Crippen molar-refractivity contribution in [3.05, 3.63) is 108 Å². The maximum absolute atomic E-state index is 14.2. The molecule has 0 fully saturated rings. The van der Waals surface area contributed by atoms with Crippen molar-refractivity contribution in [2.24, 2.45) is 0 Å². The van der Waals surface area contributed by atoms with Crippen LogP contribution in [0.5, 0.6) is 23.0 Å². The maximum atomic E-state index is 14.2. The van der Waals surface area contributed by atoms with E-state index in [4.69, 9.17) is 18.9 Å². The van der Waals surface area contributed by atoms with E-state index in [2.05, 4.69) is 5.32 Å². The molecule has 4 aromatic rings. The average molecular weight is 539 g/mol. The van der Waals surface area contributed by atoms with Gasteiger partial charge in [-0.3, -0.25) is 14.5 Å². The summed E-state index contributed by atoms with van der Waals surface area (Å²) in [5.74, 6) is 1.17. The Morgan fingerprint density at radius 2 is 1.35 bits per heavy atom. The zero-order chi connectivity index (χ0) is 28.2. The number of carbonyl (C=O) groups excluding carboxylic acids is 2. The van der Waals surface area contributed by atoms with Gasteiger partial charge in [0.05, 0.1) is 40.4 Å². The molecule has 0 unspecified atom stereocenters. The van der Waals surface area contributed by atoms with Crippen molar-refractivity contribution in [3.8, 4) is 23.0 Å². The molecule has 204 valence electrons. The van der Waals surface area contributed by atoms with Gasteiger partial charge in [0.25, 0.3) is 5.91 Å². The summed E-state index contributed by atoms with van der Waals surface area (Å²) in [5.41, 5.74) is 3.09. The molecule has 5 rings (SSSR count). The summed E-state index contributed by atoms with van der Waals surface area (Å²) in [6.07, 6.45) is 0. The first kappa shape index (κ1) is 26.6. The number of ether oxygens (including phenoxy) is 4. The first-order valence-electron chi connectivity index (χ1n) is 12.7. The third kappa shape index (κ3) is 4.91. The van der Waals surface area contributed by atoms with Crippen LogP contribution in [0.1, 0.15) is 33.4 Å². The number of hydrogen-bond donors (Lipinski definition) is 1. The quantitative estimate of drug-likeness (QED) is 0.303. The van der Waals surface area contributed by atoms with Crippen LogP contribution in [0.2, 0.25) is 0 Å². The highest BCUT2D eigenvalue weighted by molar-refractivity contribution is 6.12. The summed E-state index contributed by atoms with van der Waals surface area (Å²) in [6, 6.07) is 26.5. The summed E-state index contributed by atoms with van der Waals surface area (Å²) in [4.78, 5) is 30.0. The molecule has 0 aliphatic carbocycles. The van der Waals surface area contributed by atoms with Crippen molar-refractivity contribution in [2.45, 2.75) is 12.0 Å². The lowest BCUT2D eigenvalue weighted by Crippen LogP contribution is -2.46. The minimum atomic E-state index is -0.738. The van der Waals surface area contributed by atoms with Crippen LogP contribution in [-0.2, 0) is 4.79 Å². The number of carbonyl (C=O) groups is 2. The largest absolute Gasteiger partial charge is 0.497 e. The molecule has 2 atom stereocenters. The Kier molecular flexibility index (Phi) is 7.59. The number of rotatable bonds is 8. The molecule has 0 spiro atoms. The standard InChI is InChI=1S/C32H30N2O6/c1-37-23-14-9-20(10-15-23)30-29(31(35)33-21-11-18-27(39-3)28(19-21)40-4)25-7-5-6-8-26(25)32(36)34(30)22-12-16-24(38-2)17-13-22/h5-19,29-30H,1-4H3,(H,33,35)/t29-,30+/m1/s1. The topological polar surface area (TPSA) is 86.3 Å². The second kappa shape index (κ2) is 11.4. The fraction of sp³-hybridized carbons (Fsp3) is 0.188. The van der Waals surface area contributed by atoms with Gasteiger partial charge in [0.15, 0.2) is 11.5 Å². The Bertz CT molecular complexity index is 1520. The van der Waals surface area contributed by atoms with Crippen LogP contribution in [0, 0.1) is 0 Å². The van der Waals surface area contributed by atoms with E-state index in [0.717, 1.165) is 5.56 Å². The molecule has 1 heterocycles. The number of nitrogens with one attached hydrogen (secondary N) is 1. The predicted octanol–water partition coefficient (Wildman–Crippen LogP) is 5.85. The fourth-order valence-corrected chi connectivity index (χ4v) is 5.12. The van der Waals surface area contributed by atoms with Gasteiger partial charge in [-0.25, -0.2) is 0 Å². The van der Waals surface area contributed by atoms with E-state index in [9.17, 15) is 9.59 Å². The normalized spacial score (nSPS) is 16.1. The van der Waals surface area contributed by atoms with Gasteiger partial charge >= 0.3 is 0 Å². The molecule has 0 radical (unpaired) electrons. The van der Waals surface area contributed by atoms with Gasteiger partial charge in [-0.05, 0) is 65.7 Å². The molecule has 0 saturated heterocycles. The molecule has 8 heteroatoms. The molecule has 8 nitrogen and oxygen atoms in total. The monoisotopic (exact) mass is 538 g/mol. The van der Waals surface area contributed by atoms with Crippen molar-refractivity contribution in [2.75, 3.05) is 38.7 Å². The SMILES string of the molecule is COc1ccc([C@H]2[C@H](C(=O)Nc3ccc(OC)c(OC)c3)c3ccccc3C(=O)N2c2ccc(OC)cc2)cc1. The average Bonchev–Trinajstić information content (AvgIpc) is 3.01. The number of benzene rings is 4. The Hall–Kier alpha value is -4.98. The lowest BCUT2D eigenvalue weighted by Gasteiger charge is -2.42. The van der Waals surface area contributed by atoms with Gasteiger partial charge in [-0.2, -0.15) is 0 Å². The molecule has 4 aromatic carbocycles. The summed E-state index contributed by atoms with van der Waals surface area (Å²) in [5, 5.41) is 3.05. The van der Waals surface area contributed by atoms with Gasteiger partial charge in [-0.15, -0.1) is 0 Å². The second-order valence-electron chi connectivity index (χ2n) is 9.22. The number of anilines is 2. The smallest absolute Gasteiger partial charge is 0.259 e. The van der Waals surface area contributed by atoms with Crippen LogP contribution in [0.3, 0.4) is 0 Å². The molecule has 1 N–H and O–H groups in total. The van der Waals surface area contributed by atoms with E-state index < -0.39 is 12.0 Å². The van der Waals surface area contributed by atoms with Crippen LogP contribution in [-0.4, -0.2) is 40.3 Å². The first-order chi connectivity index (χ1) is 19.5. The van der Waals surface area contributed by atoms with E-state index in [1.807, 2.05) is 48.5 Å². The molecule has 1 aliphatic heterocycles. The van der Waals surface area contributed by atoms with Crippen molar-refractivity contribution in [1.82, 2.24) is 0 Å². The highest BCUT2D eigenvalue weighted by Crippen LogP contribution is 2.46. The lowest BCUT2D eigenvalue weighted by atomic mass is 9.78. The molecule has 0 aromatic heterocycles. The first-order valence-corrected chi connectivity index (χ1v) is 12.7. The van der Waals surface area contributed by atoms with Crippen molar-refractivity contribution >= 4 is 23.2 Å². The molecular formula is C32H30N2O6. The minimum Gasteiger partial charge on any atom is -0.497 e. The Morgan fingerprint density at radius 1 is 0.725 bits per heavy atom. The number of amides is 2. The molecule has 1 aliphatic rings. The number of methoxy groups -OCH3 is 4. The van der Waals surface area contributed by atoms with Gasteiger partial charge in [0, 0.05) is 23.0 Å². The fourth-order valence-electron chi connectivity index (χ4n) is 5.12. The lowest BCUT2D eigenvalue weighted by molar-refractivity contribution is -0.118. The molecule has 40 heavy (non-hydrogen) atoms. The summed E-state index contributed by atoms with van der Waals surface area (Å²) < 4.78 is 21.5. The molecule has 0 saturated carbocycles. The Labute approximate surface area is 233 Å². The van der Waals surface area contributed by atoms with E-state index in [-0.39, 0.29) is 11.8 Å². The van der Waals surface area contributed by atoms with E-state index in [1.54, 1.807) is 75.8 Å². The van der Waals surface area contributed by atoms with Gasteiger partial charge in [-0.1, -0.05) is 30.3 Å². The number of nitrogens with zero attached hydrogens (tertiary/aromatic N) is 1.